The predicted octanol–water partition coefficient (Wildman–Crippen LogP) is 3.34. The molecule has 0 radical (unpaired) electrons. The molecule has 3 rings (SSSR count). The lowest BCUT2D eigenvalue weighted by molar-refractivity contribution is -0.166. The summed E-state index contributed by atoms with van der Waals surface area (Å²) < 4.78 is 5.46. The Hall–Kier alpha value is -2.92. The molecule has 1 atom stereocenters. The minimum atomic E-state index is -2.22. The van der Waals surface area contributed by atoms with Crippen molar-refractivity contribution in [2.75, 3.05) is 6.61 Å². The quantitative estimate of drug-likeness (QED) is 0.466. The van der Waals surface area contributed by atoms with E-state index in [4.69, 9.17) is 10.5 Å². The van der Waals surface area contributed by atoms with E-state index in [0.717, 1.165) is 22.3 Å². The van der Waals surface area contributed by atoms with Crippen molar-refractivity contribution in [2.24, 2.45) is 11.1 Å². The van der Waals surface area contributed by atoms with E-state index < -0.39 is 22.9 Å². The number of nitrogens with two attached hydrogens (primary N) is 1. The van der Waals surface area contributed by atoms with Crippen molar-refractivity contribution in [3.8, 4) is 11.1 Å². The minimum absolute atomic E-state index is 0.0202. The van der Waals surface area contributed by atoms with Crippen molar-refractivity contribution < 1.29 is 19.4 Å². The topological polar surface area (TPSA) is 89.6 Å². The molecule has 0 saturated heterocycles. The average molecular weight is 365 g/mol. The van der Waals surface area contributed by atoms with E-state index in [1.165, 1.54) is 6.08 Å². The van der Waals surface area contributed by atoms with Gasteiger partial charge >= 0.3 is 11.9 Å². The molecule has 3 N–H and O–H groups in total. The monoisotopic (exact) mass is 365 g/mol. The highest BCUT2D eigenvalue weighted by Crippen LogP contribution is 2.44. The number of aliphatic carboxylic acids is 1. The van der Waals surface area contributed by atoms with Crippen LogP contribution in [0.3, 0.4) is 0 Å². The number of rotatable bonds is 6. The molecule has 5 heteroatoms. The van der Waals surface area contributed by atoms with E-state index in [2.05, 4.69) is 6.58 Å². The Balaban J connectivity index is 1.90. The molecule has 1 aliphatic carbocycles. The largest absolute Gasteiger partial charge is 0.479 e. The Morgan fingerprint density at radius 3 is 2.04 bits per heavy atom. The molecule has 27 heavy (non-hydrogen) atoms. The van der Waals surface area contributed by atoms with Crippen LogP contribution in [0.2, 0.25) is 0 Å². The van der Waals surface area contributed by atoms with Crippen LogP contribution in [-0.4, -0.2) is 29.2 Å². The summed E-state index contributed by atoms with van der Waals surface area (Å²) in [6.07, 6.45) is 1.36. The van der Waals surface area contributed by atoms with E-state index in [0.29, 0.717) is 0 Å². The number of ether oxygens (including phenoxy) is 1. The second-order valence-corrected chi connectivity index (χ2v) is 7.36. The number of hydrogen-bond acceptors (Lipinski definition) is 4. The number of carbonyl (C=O) groups is 2. The van der Waals surface area contributed by atoms with Crippen LogP contribution >= 0.6 is 0 Å². The van der Waals surface area contributed by atoms with Gasteiger partial charge in [-0.3, -0.25) is 0 Å². The maximum atomic E-state index is 12.7. The van der Waals surface area contributed by atoms with Crippen LogP contribution in [-0.2, 0) is 14.3 Å². The van der Waals surface area contributed by atoms with Gasteiger partial charge in [-0.05, 0) is 22.3 Å². The van der Waals surface area contributed by atoms with Crippen molar-refractivity contribution in [1.29, 1.82) is 0 Å². The predicted molar refractivity (Wildman–Crippen MR) is 103 cm³/mol. The molecule has 0 aromatic heterocycles. The number of hydrogen-bond donors (Lipinski definition) is 2. The highest BCUT2D eigenvalue weighted by Gasteiger charge is 2.55. The lowest BCUT2D eigenvalue weighted by atomic mass is 9.72. The molecule has 0 saturated carbocycles. The SMILES string of the molecule is C=CC(C)(C)[C@](N)(C(=O)O)C(=O)OCC1c2ccccc2-c2ccccc21. The van der Waals surface area contributed by atoms with Crippen LogP contribution in [0.5, 0.6) is 0 Å². The molecule has 5 nitrogen and oxygen atoms in total. The fourth-order valence-electron chi connectivity index (χ4n) is 3.50. The van der Waals surface area contributed by atoms with Gasteiger partial charge in [0.05, 0.1) is 0 Å². The number of fused-ring (bicyclic) bond motifs is 3. The first-order valence-corrected chi connectivity index (χ1v) is 8.75. The van der Waals surface area contributed by atoms with E-state index in [-0.39, 0.29) is 12.5 Å². The van der Waals surface area contributed by atoms with Gasteiger partial charge in [-0.15, -0.1) is 6.58 Å². The Bertz CT molecular complexity index is 873. The van der Waals surface area contributed by atoms with Gasteiger partial charge in [0.25, 0.3) is 0 Å². The van der Waals surface area contributed by atoms with Crippen molar-refractivity contribution in [2.45, 2.75) is 25.3 Å². The number of carboxylic acids is 1. The first-order valence-electron chi connectivity index (χ1n) is 8.75. The van der Waals surface area contributed by atoms with Gasteiger partial charge < -0.3 is 15.6 Å². The third-order valence-electron chi connectivity index (χ3n) is 5.53. The van der Waals surface area contributed by atoms with E-state index in [9.17, 15) is 14.7 Å². The molecule has 0 amide bonds. The first-order chi connectivity index (χ1) is 12.7. The van der Waals surface area contributed by atoms with E-state index >= 15 is 0 Å². The maximum Gasteiger partial charge on any atom is 0.338 e. The number of esters is 1. The number of carbonyl (C=O) groups excluding carboxylic acids is 1. The van der Waals surface area contributed by atoms with Crippen LogP contribution in [0.1, 0.15) is 30.9 Å². The highest BCUT2D eigenvalue weighted by molar-refractivity contribution is 6.05. The van der Waals surface area contributed by atoms with Crippen LogP contribution in [0.15, 0.2) is 61.2 Å². The van der Waals surface area contributed by atoms with Crippen molar-refractivity contribution in [3.05, 3.63) is 72.3 Å². The third-order valence-corrected chi connectivity index (χ3v) is 5.53. The number of benzene rings is 2. The molecule has 0 heterocycles. The van der Waals surface area contributed by atoms with Gasteiger partial charge in [-0.1, -0.05) is 68.5 Å². The van der Waals surface area contributed by atoms with Crippen molar-refractivity contribution >= 4 is 11.9 Å². The zero-order valence-electron chi connectivity index (χ0n) is 15.4. The average Bonchev–Trinajstić information content (AvgIpc) is 2.99. The van der Waals surface area contributed by atoms with Gasteiger partial charge in [-0.2, -0.15) is 0 Å². The molecule has 0 fully saturated rings. The van der Waals surface area contributed by atoms with Crippen LogP contribution in [0.25, 0.3) is 11.1 Å². The second-order valence-electron chi connectivity index (χ2n) is 7.36. The Morgan fingerprint density at radius 1 is 1.11 bits per heavy atom. The Labute approximate surface area is 158 Å². The molecule has 140 valence electrons. The second kappa shape index (κ2) is 6.67. The summed E-state index contributed by atoms with van der Waals surface area (Å²) in [4.78, 5) is 24.5. The molecule has 1 aliphatic rings. The van der Waals surface area contributed by atoms with Crippen LogP contribution in [0, 0.1) is 5.41 Å². The lowest BCUT2D eigenvalue weighted by Crippen LogP contribution is -2.64. The maximum absolute atomic E-state index is 12.7. The van der Waals surface area contributed by atoms with Crippen LogP contribution < -0.4 is 5.73 Å². The molecule has 2 aromatic rings. The summed E-state index contributed by atoms with van der Waals surface area (Å²) in [6, 6.07) is 15.8. The summed E-state index contributed by atoms with van der Waals surface area (Å²) >= 11 is 0. The fourth-order valence-corrected chi connectivity index (χ4v) is 3.50. The normalized spacial score (nSPS) is 15.4. The molecular weight excluding hydrogens is 342 g/mol. The Morgan fingerprint density at radius 2 is 1.59 bits per heavy atom. The standard InChI is InChI=1S/C22H23NO4/c1-4-21(2,3)22(23,19(24)25)20(26)27-13-18-16-11-7-5-9-14(16)15-10-6-8-12-17(15)18/h4-12,18H,1,13,23H2,2-3H3,(H,24,25)/t22-/m0/s1. The van der Waals surface area contributed by atoms with E-state index in [1.807, 2.05) is 48.5 Å². The van der Waals surface area contributed by atoms with Gasteiger partial charge in [-0.25, -0.2) is 9.59 Å². The summed E-state index contributed by atoms with van der Waals surface area (Å²) in [5.41, 5.74) is 6.89. The zero-order valence-corrected chi connectivity index (χ0v) is 15.4. The van der Waals surface area contributed by atoms with Gasteiger partial charge in [0.1, 0.15) is 6.61 Å². The van der Waals surface area contributed by atoms with Crippen LogP contribution in [0.4, 0.5) is 0 Å². The molecular formula is C22H23NO4. The minimum Gasteiger partial charge on any atom is -0.479 e. The fraction of sp³-hybridized carbons (Fsp3) is 0.273. The smallest absolute Gasteiger partial charge is 0.338 e. The van der Waals surface area contributed by atoms with Crippen molar-refractivity contribution in [1.82, 2.24) is 0 Å². The molecule has 0 spiro atoms. The summed E-state index contributed by atoms with van der Waals surface area (Å²) in [5.74, 6) is -2.57. The first kappa shape index (κ1) is 18.9. The molecule has 0 unspecified atom stereocenters. The number of carboxylic acid groups (broad SMARTS) is 1. The summed E-state index contributed by atoms with van der Waals surface area (Å²) in [7, 11) is 0. The highest BCUT2D eigenvalue weighted by atomic mass is 16.5. The summed E-state index contributed by atoms with van der Waals surface area (Å²) in [6.45, 7) is 6.73. The summed E-state index contributed by atoms with van der Waals surface area (Å²) in [5, 5.41) is 9.60. The lowest BCUT2D eigenvalue weighted by Gasteiger charge is -2.36. The van der Waals surface area contributed by atoms with E-state index in [1.54, 1.807) is 13.8 Å². The van der Waals surface area contributed by atoms with Gasteiger partial charge in [0.2, 0.25) is 5.54 Å². The Kier molecular flexibility index (Phi) is 4.66. The zero-order chi connectivity index (χ0) is 19.8. The molecule has 0 aliphatic heterocycles. The van der Waals surface area contributed by atoms with Gasteiger partial charge in [0, 0.05) is 11.3 Å². The third kappa shape index (κ3) is 2.84. The molecule has 0 bridgehead atoms. The van der Waals surface area contributed by atoms with Gasteiger partial charge in [0.15, 0.2) is 0 Å². The molecule has 2 aromatic carbocycles. The van der Waals surface area contributed by atoms with Crippen molar-refractivity contribution in [3.63, 3.8) is 0 Å².